The van der Waals surface area contributed by atoms with Crippen LogP contribution in [0.1, 0.15) is 55.1 Å². The minimum atomic E-state index is -0.405. The van der Waals surface area contributed by atoms with E-state index in [0.717, 1.165) is 33.5 Å². The van der Waals surface area contributed by atoms with Gasteiger partial charge >= 0.3 is 5.97 Å². The van der Waals surface area contributed by atoms with E-state index < -0.39 is 5.97 Å². The first-order valence-electron chi connectivity index (χ1n) is 10.7. The lowest BCUT2D eigenvalue weighted by Crippen LogP contribution is -2.56. The van der Waals surface area contributed by atoms with E-state index in [1.54, 1.807) is 0 Å². The van der Waals surface area contributed by atoms with Crippen LogP contribution in [0.25, 0.3) is 10.1 Å². The molecule has 1 atom stereocenters. The van der Waals surface area contributed by atoms with Gasteiger partial charge in [-0.25, -0.2) is 4.79 Å². The summed E-state index contributed by atoms with van der Waals surface area (Å²) < 4.78 is 5.76. The largest absolute Gasteiger partial charge is 0.465 e. The highest BCUT2D eigenvalue weighted by Gasteiger charge is 2.53. The lowest BCUT2D eigenvalue weighted by Gasteiger charge is -2.59. The monoisotopic (exact) mass is 462 g/mol. The molecule has 0 saturated heterocycles. The van der Waals surface area contributed by atoms with Crippen molar-refractivity contribution in [1.82, 2.24) is 5.32 Å². The second kappa shape index (κ2) is 7.64. The zero-order chi connectivity index (χ0) is 21.0. The number of halogens is 1. The van der Waals surface area contributed by atoms with Gasteiger partial charge in [0.1, 0.15) is 4.88 Å². The first-order chi connectivity index (χ1) is 14.4. The van der Waals surface area contributed by atoms with E-state index in [1.807, 2.05) is 18.2 Å². The molecule has 4 aliphatic rings. The Labute approximate surface area is 191 Å². The standard InChI is InChI=1S/C23H27ClN2O2S2/c1-12(23-9-13-5-14(10-23)7-15(6-13)11-23)25-22(29)26-16-3-4-17-18(8-16)30-20(19(17)24)21(27)28-2/h3-4,8,12-15H,5-7,9-11H2,1-2H3,(H2,25,26,29). The van der Waals surface area contributed by atoms with E-state index in [9.17, 15) is 4.79 Å². The molecular weight excluding hydrogens is 436 g/mol. The maximum atomic E-state index is 11.9. The number of hydrogen-bond acceptors (Lipinski definition) is 4. The van der Waals surface area contributed by atoms with Gasteiger partial charge in [-0.15, -0.1) is 11.3 Å². The van der Waals surface area contributed by atoms with Crippen LogP contribution in [-0.4, -0.2) is 24.2 Å². The molecule has 4 bridgehead atoms. The van der Waals surface area contributed by atoms with Crippen molar-refractivity contribution in [2.75, 3.05) is 12.4 Å². The number of carbonyl (C=O) groups excluding carboxylic acids is 1. The predicted octanol–water partition coefficient (Wildman–Crippen LogP) is 6.23. The average molecular weight is 463 g/mol. The molecule has 1 unspecified atom stereocenters. The Kier molecular flexibility index (Phi) is 5.23. The fourth-order valence-corrected chi connectivity index (χ4v) is 8.35. The molecule has 4 saturated carbocycles. The highest BCUT2D eigenvalue weighted by molar-refractivity contribution is 7.80. The molecule has 4 fully saturated rings. The van der Waals surface area contributed by atoms with E-state index in [0.29, 0.717) is 26.5 Å². The molecule has 4 aliphatic carbocycles. The van der Waals surface area contributed by atoms with Crippen molar-refractivity contribution in [3.05, 3.63) is 28.1 Å². The van der Waals surface area contributed by atoms with Crippen molar-refractivity contribution in [2.24, 2.45) is 23.2 Å². The SMILES string of the molecule is COC(=O)c1sc2cc(NC(=S)NC(C)C34CC5CC(CC(C5)C3)C4)ccc2c1Cl. The minimum Gasteiger partial charge on any atom is -0.465 e. The van der Waals surface area contributed by atoms with Crippen LogP contribution in [0.15, 0.2) is 18.2 Å². The van der Waals surface area contributed by atoms with Gasteiger partial charge < -0.3 is 15.4 Å². The lowest BCUT2D eigenvalue weighted by atomic mass is 9.48. The zero-order valence-corrected chi connectivity index (χ0v) is 19.7. The summed E-state index contributed by atoms with van der Waals surface area (Å²) in [5, 5.41) is 8.90. The molecule has 6 rings (SSSR count). The van der Waals surface area contributed by atoms with Crippen LogP contribution in [0.3, 0.4) is 0 Å². The van der Waals surface area contributed by atoms with Gasteiger partial charge in [0.05, 0.1) is 12.1 Å². The summed E-state index contributed by atoms with van der Waals surface area (Å²) in [4.78, 5) is 12.3. The van der Waals surface area contributed by atoms with Gasteiger partial charge in [-0.1, -0.05) is 11.6 Å². The summed E-state index contributed by atoms with van der Waals surface area (Å²) in [7, 11) is 1.37. The summed E-state index contributed by atoms with van der Waals surface area (Å²) >= 11 is 13.4. The van der Waals surface area contributed by atoms with Crippen molar-refractivity contribution >= 4 is 62.0 Å². The molecule has 1 aromatic carbocycles. The van der Waals surface area contributed by atoms with Crippen molar-refractivity contribution in [2.45, 2.75) is 51.5 Å². The number of thiophene rings is 1. The lowest BCUT2D eigenvalue weighted by molar-refractivity contribution is -0.0671. The van der Waals surface area contributed by atoms with Crippen LogP contribution in [0, 0.1) is 23.2 Å². The number of methoxy groups -OCH3 is 1. The predicted molar refractivity (Wildman–Crippen MR) is 128 cm³/mol. The number of carbonyl (C=O) groups is 1. The van der Waals surface area contributed by atoms with Gasteiger partial charge in [0.15, 0.2) is 5.11 Å². The molecule has 30 heavy (non-hydrogen) atoms. The van der Waals surface area contributed by atoms with Crippen LogP contribution < -0.4 is 10.6 Å². The number of hydrogen-bond donors (Lipinski definition) is 2. The molecule has 1 heterocycles. The second-order valence-corrected chi connectivity index (χ2v) is 11.4. The van der Waals surface area contributed by atoms with Crippen LogP contribution in [0.4, 0.5) is 5.69 Å². The van der Waals surface area contributed by atoms with Gasteiger partial charge in [-0.2, -0.15) is 0 Å². The summed E-state index contributed by atoms with van der Waals surface area (Å²) in [6.45, 7) is 2.31. The van der Waals surface area contributed by atoms with Crippen LogP contribution in [0.5, 0.6) is 0 Å². The normalized spacial score (nSPS) is 30.3. The van der Waals surface area contributed by atoms with E-state index in [1.165, 1.54) is 57.0 Å². The number of anilines is 1. The molecule has 0 aliphatic heterocycles. The Balaban J connectivity index is 1.28. The topological polar surface area (TPSA) is 50.4 Å². The van der Waals surface area contributed by atoms with Crippen molar-refractivity contribution in [3.63, 3.8) is 0 Å². The van der Waals surface area contributed by atoms with Crippen LogP contribution in [-0.2, 0) is 4.74 Å². The molecule has 0 radical (unpaired) electrons. The number of benzene rings is 1. The number of rotatable bonds is 4. The molecule has 2 aromatic rings. The molecule has 4 nitrogen and oxygen atoms in total. The molecule has 0 amide bonds. The molecule has 0 spiro atoms. The quantitative estimate of drug-likeness (QED) is 0.416. The Bertz CT molecular complexity index is 983. The number of esters is 1. The Morgan fingerprint density at radius 3 is 2.47 bits per heavy atom. The molecular formula is C23H27ClN2O2S2. The van der Waals surface area contributed by atoms with Crippen molar-refractivity contribution < 1.29 is 9.53 Å². The smallest absolute Gasteiger partial charge is 0.349 e. The van der Waals surface area contributed by atoms with Gasteiger partial charge in [-0.3, -0.25) is 0 Å². The number of thiocarbonyl (C=S) groups is 1. The van der Waals surface area contributed by atoms with Crippen LogP contribution >= 0.6 is 35.2 Å². The third-order valence-corrected chi connectivity index (χ3v) is 9.47. The second-order valence-electron chi connectivity index (χ2n) is 9.55. The first-order valence-corrected chi connectivity index (χ1v) is 12.3. The van der Waals surface area contributed by atoms with Gasteiger partial charge in [0.2, 0.25) is 0 Å². The molecule has 160 valence electrons. The number of fused-ring (bicyclic) bond motifs is 1. The third-order valence-electron chi connectivity index (χ3n) is 7.61. The molecule has 7 heteroatoms. The van der Waals surface area contributed by atoms with Crippen molar-refractivity contribution in [1.29, 1.82) is 0 Å². The summed E-state index contributed by atoms with van der Waals surface area (Å²) in [6.07, 6.45) is 8.41. The summed E-state index contributed by atoms with van der Waals surface area (Å²) in [6, 6.07) is 6.23. The summed E-state index contributed by atoms with van der Waals surface area (Å²) in [5.74, 6) is 2.38. The minimum absolute atomic E-state index is 0.372. The van der Waals surface area contributed by atoms with Crippen molar-refractivity contribution in [3.8, 4) is 0 Å². The van der Waals surface area contributed by atoms with Gasteiger partial charge in [0, 0.05) is 21.8 Å². The van der Waals surface area contributed by atoms with E-state index in [2.05, 4.69) is 17.6 Å². The number of ether oxygens (including phenoxy) is 1. The third kappa shape index (κ3) is 3.51. The van der Waals surface area contributed by atoms with E-state index in [-0.39, 0.29) is 0 Å². The molecule has 1 aromatic heterocycles. The van der Waals surface area contributed by atoms with E-state index in [4.69, 9.17) is 28.6 Å². The maximum Gasteiger partial charge on any atom is 0.349 e. The zero-order valence-electron chi connectivity index (χ0n) is 17.3. The Morgan fingerprint density at radius 1 is 1.23 bits per heavy atom. The summed E-state index contributed by atoms with van der Waals surface area (Å²) in [5.41, 5.74) is 1.30. The average Bonchev–Trinajstić information content (AvgIpc) is 3.02. The van der Waals surface area contributed by atoms with Gasteiger partial charge in [-0.05, 0) is 99.0 Å². The highest BCUT2D eigenvalue weighted by atomic mass is 35.5. The molecule has 2 N–H and O–H groups in total. The van der Waals surface area contributed by atoms with E-state index >= 15 is 0 Å². The Morgan fingerprint density at radius 2 is 1.87 bits per heavy atom. The number of nitrogens with one attached hydrogen (secondary N) is 2. The fourth-order valence-electron chi connectivity index (χ4n) is 6.59. The maximum absolute atomic E-state index is 11.9. The van der Waals surface area contributed by atoms with Crippen LogP contribution in [0.2, 0.25) is 5.02 Å². The fraction of sp³-hybridized carbons (Fsp3) is 0.565. The highest BCUT2D eigenvalue weighted by Crippen LogP contribution is 2.61. The van der Waals surface area contributed by atoms with Gasteiger partial charge in [0.25, 0.3) is 0 Å². The Hall–Kier alpha value is -1.37. The first kappa shape index (κ1) is 20.5.